The van der Waals surface area contributed by atoms with Crippen molar-refractivity contribution in [2.24, 2.45) is 0 Å². The second-order valence-corrected chi connectivity index (χ2v) is 12.8. The van der Waals surface area contributed by atoms with Crippen molar-refractivity contribution in [2.45, 2.75) is 0 Å². The fraction of sp³-hybridized carbons (Fsp3) is 0. The summed E-state index contributed by atoms with van der Waals surface area (Å²) >= 11 is 1.87. The van der Waals surface area contributed by atoms with Crippen molar-refractivity contribution >= 4 is 75.1 Å². The Morgan fingerprint density at radius 3 is 1.84 bits per heavy atom. The molecule has 0 spiro atoms. The lowest BCUT2D eigenvalue weighted by molar-refractivity contribution is 1.18. The minimum absolute atomic E-state index is 1.18. The Kier molecular flexibility index (Phi) is 5.19. The molecule has 2 nitrogen and oxygen atoms in total. The van der Waals surface area contributed by atoms with E-state index in [-0.39, 0.29) is 0 Å². The smallest absolute Gasteiger partial charge is 0.0619 e. The van der Waals surface area contributed by atoms with Crippen molar-refractivity contribution in [3.63, 3.8) is 0 Å². The predicted octanol–water partition coefficient (Wildman–Crippen LogP) is 11.9. The molecule has 10 aromatic rings. The largest absolute Gasteiger partial charge is 0.309 e. The maximum absolute atomic E-state index is 2.48. The van der Waals surface area contributed by atoms with Crippen LogP contribution in [0.2, 0.25) is 0 Å². The van der Waals surface area contributed by atoms with Gasteiger partial charge in [0.25, 0.3) is 0 Å². The highest BCUT2D eigenvalue weighted by atomic mass is 32.1. The molecule has 0 aliphatic heterocycles. The Bertz CT molecular complexity index is 2760. The number of hydrogen-bond donors (Lipinski definition) is 0. The van der Waals surface area contributed by atoms with Gasteiger partial charge < -0.3 is 9.13 Å². The number of benzene rings is 7. The van der Waals surface area contributed by atoms with Crippen LogP contribution in [0.4, 0.5) is 0 Å². The average Bonchev–Trinajstić information content (AvgIpc) is 3.76. The topological polar surface area (TPSA) is 9.86 Å². The summed E-state index contributed by atoms with van der Waals surface area (Å²) in [5, 5.41) is 7.70. The van der Waals surface area contributed by atoms with Crippen LogP contribution in [0.1, 0.15) is 0 Å². The maximum Gasteiger partial charge on any atom is 0.0619 e. The number of thiophene rings is 1. The minimum Gasteiger partial charge on any atom is -0.309 e. The highest BCUT2D eigenvalue weighted by Crippen LogP contribution is 2.42. The van der Waals surface area contributed by atoms with E-state index in [4.69, 9.17) is 0 Å². The first kappa shape index (κ1) is 24.8. The van der Waals surface area contributed by atoms with Gasteiger partial charge in [0.2, 0.25) is 0 Å². The van der Waals surface area contributed by atoms with Crippen molar-refractivity contribution in [3.05, 3.63) is 158 Å². The lowest BCUT2D eigenvalue weighted by Crippen LogP contribution is -1.95. The molecular weight excluding hydrogens is 565 g/mol. The van der Waals surface area contributed by atoms with Crippen LogP contribution in [0.25, 0.3) is 86.3 Å². The molecule has 0 atom stereocenters. The van der Waals surface area contributed by atoms with Crippen LogP contribution in [0.3, 0.4) is 0 Å². The highest BCUT2D eigenvalue weighted by molar-refractivity contribution is 7.25. The van der Waals surface area contributed by atoms with Crippen LogP contribution in [0.5, 0.6) is 0 Å². The number of nitrogens with zero attached hydrogens (tertiary/aromatic N) is 2. The van der Waals surface area contributed by atoms with Gasteiger partial charge in [-0.2, -0.15) is 0 Å². The first-order chi connectivity index (χ1) is 22.3. The van der Waals surface area contributed by atoms with E-state index < -0.39 is 0 Å². The Labute approximate surface area is 263 Å². The number of rotatable bonds is 3. The van der Waals surface area contributed by atoms with Crippen molar-refractivity contribution in [1.82, 2.24) is 9.13 Å². The molecule has 0 bridgehead atoms. The Balaban J connectivity index is 1.27. The zero-order valence-corrected chi connectivity index (χ0v) is 25.1. The lowest BCUT2D eigenvalue weighted by atomic mass is 10.00. The van der Waals surface area contributed by atoms with E-state index in [1.165, 1.54) is 86.3 Å². The summed E-state index contributed by atoms with van der Waals surface area (Å²) in [5.41, 5.74) is 9.71. The van der Waals surface area contributed by atoms with Gasteiger partial charge in [-0.25, -0.2) is 0 Å². The van der Waals surface area contributed by atoms with Gasteiger partial charge in [-0.3, -0.25) is 0 Å². The van der Waals surface area contributed by atoms with Crippen LogP contribution >= 0.6 is 11.3 Å². The molecule has 0 saturated heterocycles. The molecule has 0 fully saturated rings. The second-order valence-electron chi connectivity index (χ2n) is 11.8. The molecule has 210 valence electrons. The van der Waals surface area contributed by atoms with Gasteiger partial charge in [0.1, 0.15) is 0 Å². The Morgan fingerprint density at radius 2 is 1.00 bits per heavy atom. The fourth-order valence-electron chi connectivity index (χ4n) is 7.37. The highest BCUT2D eigenvalue weighted by Gasteiger charge is 2.19. The van der Waals surface area contributed by atoms with E-state index in [0.717, 1.165) is 0 Å². The summed E-state index contributed by atoms with van der Waals surface area (Å²) in [6, 6.07) is 57.7. The van der Waals surface area contributed by atoms with Crippen LogP contribution in [0.15, 0.2) is 158 Å². The molecular formula is C42H26N2S. The summed E-state index contributed by atoms with van der Waals surface area (Å²) < 4.78 is 7.51. The van der Waals surface area contributed by atoms with Crippen LogP contribution in [-0.2, 0) is 0 Å². The zero-order chi connectivity index (χ0) is 29.5. The molecule has 3 heteroatoms. The third-order valence-electron chi connectivity index (χ3n) is 9.31. The molecule has 0 unspecified atom stereocenters. The molecule has 3 aromatic heterocycles. The van der Waals surface area contributed by atoms with Gasteiger partial charge in [-0.1, -0.05) is 97.1 Å². The normalized spacial score (nSPS) is 12.0. The fourth-order valence-corrected chi connectivity index (χ4v) is 8.45. The Hall–Kier alpha value is -5.64. The maximum atomic E-state index is 2.48. The number of aromatic nitrogens is 2. The van der Waals surface area contributed by atoms with Crippen molar-refractivity contribution in [1.29, 1.82) is 0 Å². The molecule has 3 heterocycles. The molecule has 10 rings (SSSR count). The third-order valence-corrected chi connectivity index (χ3v) is 10.5. The van der Waals surface area contributed by atoms with Gasteiger partial charge in [0.05, 0.1) is 22.1 Å². The van der Waals surface area contributed by atoms with Gasteiger partial charge in [0.15, 0.2) is 0 Å². The van der Waals surface area contributed by atoms with E-state index in [2.05, 4.69) is 167 Å². The van der Waals surface area contributed by atoms with Crippen LogP contribution < -0.4 is 0 Å². The molecule has 7 aromatic carbocycles. The molecule has 0 N–H and O–H groups in total. The summed E-state index contributed by atoms with van der Waals surface area (Å²) in [6.07, 6.45) is 0. The summed E-state index contributed by atoms with van der Waals surface area (Å²) in [7, 11) is 0. The number of para-hydroxylation sites is 4. The SMILES string of the molecule is c1ccc(-n2c3ccccc3c3cc(-c4cccc5c6ccccc6n(-c6ccc7sc8ccccc8c7c6)c45)ccc32)cc1. The summed E-state index contributed by atoms with van der Waals surface area (Å²) in [4.78, 5) is 0. The van der Waals surface area contributed by atoms with Crippen molar-refractivity contribution in [2.75, 3.05) is 0 Å². The third kappa shape index (κ3) is 3.56. The second kappa shape index (κ2) is 9.43. The lowest BCUT2D eigenvalue weighted by Gasteiger charge is -2.13. The van der Waals surface area contributed by atoms with Gasteiger partial charge in [-0.05, 0) is 66.2 Å². The standard InChI is InChI=1S/C42H26N2S/c1-2-11-28(12-3-1)43-37-18-7-5-14-32(37)35-25-27(21-23-39(35)43)30-16-10-17-34-31-13-4-8-19-38(31)44(42(30)34)29-22-24-41-36(26-29)33-15-6-9-20-40(33)45-41/h1-26H. The predicted molar refractivity (Wildman–Crippen MR) is 193 cm³/mol. The monoisotopic (exact) mass is 590 g/mol. The van der Waals surface area contributed by atoms with Crippen LogP contribution in [-0.4, -0.2) is 9.13 Å². The molecule has 0 aliphatic rings. The molecule has 0 amide bonds. The average molecular weight is 591 g/mol. The molecule has 45 heavy (non-hydrogen) atoms. The van der Waals surface area contributed by atoms with Gasteiger partial charge in [-0.15, -0.1) is 11.3 Å². The van der Waals surface area contributed by atoms with Gasteiger partial charge in [0, 0.05) is 58.7 Å². The van der Waals surface area contributed by atoms with E-state index in [9.17, 15) is 0 Å². The van der Waals surface area contributed by atoms with Crippen molar-refractivity contribution < 1.29 is 0 Å². The van der Waals surface area contributed by atoms with E-state index in [1.807, 2.05) is 11.3 Å². The first-order valence-corrected chi connectivity index (χ1v) is 16.2. The first-order valence-electron chi connectivity index (χ1n) is 15.4. The van der Waals surface area contributed by atoms with Gasteiger partial charge >= 0.3 is 0 Å². The minimum atomic E-state index is 1.18. The Morgan fingerprint density at radius 1 is 0.356 bits per heavy atom. The summed E-state index contributed by atoms with van der Waals surface area (Å²) in [5.74, 6) is 0. The quantitative estimate of drug-likeness (QED) is 0.194. The molecule has 0 saturated carbocycles. The summed E-state index contributed by atoms with van der Waals surface area (Å²) in [6.45, 7) is 0. The van der Waals surface area contributed by atoms with E-state index in [0.29, 0.717) is 0 Å². The van der Waals surface area contributed by atoms with Crippen LogP contribution in [0, 0.1) is 0 Å². The molecule has 0 aliphatic carbocycles. The number of fused-ring (bicyclic) bond motifs is 9. The van der Waals surface area contributed by atoms with Crippen molar-refractivity contribution in [3.8, 4) is 22.5 Å². The van der Waals surface area contributed by atoms with E-state index in [1.54, 1.807) is 0 Å². The molecule has 0 radical (unpaired) electrons. The zero-order valence-electron chi connectivity index (χ0n) is 24.3. The number of hydrogen-bond acceptors (Lipinski definition) is 1. The van der Waals surface area contributed by atoms with E-state index >= 15 is 0 Å².